The molecule has 3 rings (SSSR count). The summed E-state index contributed by atoms with van der Waals surface area (Å²) in [6, 6.07) is 17.9. The lowest BCUT2D eigenvalue weighted by Gasteiger charge is -2.26. The lowest BCUT2D eigenvalue weighted by atomic mass is 10.1. The van der Waals surface area contributed by atoms with Crippen LogP contribution in [-0.2, 0) is 16.6 Å². The van der Waals surface area contributed by atoms with E-state index in [1.165, 1.54) is 34.8 Å². The summed E-state index contributed by atoms with van der Waals surface area (Å²) in [7, 11) is -3.51. The molecule has 1 amide bonds. The predicted octanol–water partition coefficient (Wildman–Crippen LogP) is 4.66. The average Bonchev–Trinajstić information content (AvgIpc) is 2.68. The summed E-state index contributed by atoms with van der Waals surface area (Å²) in [4.78, 5) is 12.4. The molecule has 0 saturated heterocycles. The zero-order chi connectivity index (χ0) is 21.9. The van der Waals surface area contributed by atoms with E-state index in [4.69, 9.17) is 0 Å². The van der Waals surface area contributed by atoms with Gasteiger partial charge in [-0.1, -0.05) is 30.3 Å². The van der Waals surface area contributed by atoms with E-state index in [0.29, 0.717) is 16.9 Å². The second kappa shape index (κ2) is 8.67. The van der Waals surface area contributed by atoms with Crippen LogP contribution in [0.3, 0.4) is 0 Å². The molecule has 7 heteroatoms. The summed E-state index contributed by atoms with van der Waals surface area (Å²) >= 11 is 0. The van der Waals surface area contributed by atoms with Crippen molar-refractivity contribution in [2.75, 3.05) is 15.9 Å². The quantitative estimate of drug-likeness (QED) is 0.623. The first kappa shape index (κ1) is 21.5. The Morgan fingerprint density at radius 3 is 2.03 bits per heavy atom. The minimum atomic E-state index is -3.51. The molecule has 0 aliphatic rings. The summed E-state index contributed by atoms with van der Waals surface area (Å²) < 4.78 is 39.3. The monoisotopic (exact) mass is 426 g/mol. The number of para-hydroxylation sites is 1. The Kier molecular flexibility index (Phi) is 6.22. The molecule has 156 valence electrons. The SMILES string of the molecule is Cc1cccc(C)c1N(Cc1ccc(C(=O)Nc2ccc(F)cc2)cc1)S(C)(=O)=O. The van der Waals surface area contributed by atoms with Crippen molar-refractivity contribution in [3.8, 4) is 0 Å². The molecule has 0 aromatic heterocycles. The minimum Gasteiger partial charge on any atom is -0.322 e. The van der Waals surface area contributed by atoms with Crippen LogP contribution in [0.1, 0.15) is 27.0 Å². The molecule has 5 nitrogen and oxygen atoms in total. The third kappa shape index (κ3) is 5.04. The van der Waals surface area contributed by atoms with Crippen molar-refractivity contribution in [3.63, 3.8) is 0 Å². The van der Waals surface area contributed by atoms with Crippen LogP contribution in [0, 0.1) is 19.7 Å². The molecule has 0 saturated carbocycles. The normalized spacial score (nSPS) is 11.2. The van der Waals surface area contributed by atoms with Crippen molar-refractivity contribution < 1.29 is 17.6 Å². The third-order valence-corrected chi connectivity index (χ3v) is 5.85. The van der Waals surface area contributed by atoms with Gasteiger partial charge in [0.1, 0.15) is 5.82 Å². The highest BCUT2D eigenvalue weighted by Gasteiger charge is 2.21. The predicted molar refractivity (Wildman–Crippen MR) is 118 cm³/mol. The molecule has 0 aliphatic heterocycles. The summed E-state index contributed by atoms with van der Waals surface area (Å²) in [5, 5.41) is 2.70. The first-order valence-electron chi connectivity index (χ1n) is 9.35. The maximum absolute atomic E-state index is 13.0. The fourth-order valence-electron chi connectivity index (χ4n) is 3.23. The maximum Gasteiger partial charge on any atom is 0.255 e. The van der Waals surface area contributed by atoms with E-state index in [1.54, 1.807) is 24.3 Å². The van der Waals surface area contributed by atoms with Gasteiger partial charge in [0.15, 0.2) is 0 Å². The molecule has 3 aromatic rings. The Labute approximate surface area is 176 Å². The van der Waals surface area contributed by atoms with Gasteiger partial charge < -0.3 is 5.32 Å². The first-order valence-corrected chi connectivity index (χ1v) is 11.2. The zero-order valence-corrected chi connectivity index (χ0v) is 17.8. The Morgan fingerprint density at radius 1 is 0.933 bits per heavy atom. The molecule has 30 heavy (non-hydrogen) atoms. The molecule has 0 heterocycles. The molecular formula is C23H23FN2O3S. The fourth-order valence-corrected chi connectivity index (χ4v) is 4.23. The van der Waals surface area contributed by atoms with E-state index < -0.39 is 10.0 Å². The van der Waals surface area contributed by atoms with Crippen molar-refractivity contribution >= 4 is 27.3 Å². The number of carbonyl (C=O) groups excluding carboxylic acids is 1. The highest BCUT2D eigenvalue weighted by molar-refractivity contribution is 7.92. The molecule has 1 N–H and O–H groups in total. The highest BCUT2D eigenvalue weighted by Crippen LogP contribution is 2.28. The van der Waals surface area contributed by atoms with Gasteiger partial charge in [-0.05, 0) is 66.9 Å². The Hall–Kier alpha value is -3.19. The lowest BCUT2D eigenvalue weighted by molar-refractivity contribution is 0.102. The average molecular weight is 427 g/mol. The van der Waals surface area contributed by atoms with Crippen LogP contribution in [0.15, 0.2) is 66.7 Å². The van der Waals surface area contributed by atoms with Crippen LogP contribution >= 0.6 is 0 Å². The fraction of sp³-hybridized carbons (Fsp3) is 0.174. The number of hydrogen-bond acceptors (Lipinski definition) is 3. The number of rotatable bonds is 6. The molecule has 0 unspecified atom stereocenters. The van der Waals surface area contributed by atoms with Gasteiger partial charge >= 0.3 is 0 Å². The van der Waals surface area contributed by atoms with Crippen molar-refractivity contribution in [2.45, 2.75) is 20.4 Å². The van der Waals surface area contributed by atoms with Gasteiger partial charge in [-0.15, -0.1) is 0 Å². The second-order valence-corrected chi connectivity index (χ2v) is 9.07. The van der Waals surface area contributed by atoms with Crippen molar-refractivity contribution in [1.29, 1.82) is 0 Å². The maximum atomic E-state index is 13.0. The van der Waals surface area contributed by atoms with Crippen LogP contribution in [0.2, 0.25) is 0 Å². The van der Waals surface area contributed by atoms with E-state index >= 15 is 0 Å². The first-order chi connectivity index (χ1) is 14.1. The van der Waals surface area contributed by atoms with Gasteiger partial charge in [-0.25, -0.2) is 12.8 Å². The number of nitrogens with one attached hydrogen (secondary N) is 1. The third-order valence-electron chi connectivity index (χ3n) is 4.73. The summed E-state index contributed by atoms with van der Waals surface area (Å²) in [5.41, 5.74) is 4.07. The van der Waals surface area contributed by atoms with Gasteiger partial charge in [0.25, 0.3) is 5.91 Å². The number of nitrogens with zero attached hydrogens (tertiary/aromatic N) is 1. The number of halogens is 1. The van der Waals surface area contributed by atoms with Gasteiger partial charge in [0, 0.05) is 11.3 Å². The second-order valence-electron chi connectivity index (χ2n) is 7.17. The molecule has 0 aliphatic carbocycles. The van der Waals surface area contributed by atoms with Crippen molar-refractivity contribution in [1.82, 2.24) is 0 Å². The van der Waals surface area contributed by atoms with Gasteiger partial charge in [-0.2, -0.15) is 0 Å². The van der Waals surface area contributed by atoms with E-state index in [9.17, 15) is 17.6 Å². The van der Waals surface area contributed by atoms with Crippen molar-refractivity contribution in [2.24, 2.45) is 0 Å². The lowest BCUT2D eigenvalue weighted by Crippen LogP contribution is -2.30. The molecule has 0 spiro atoms. The number of benzene rings is 3. The smallest absolute Gasteiger partial charge is 0.255 e. The molecular weight excluding hydrogens is 403 g/mol. The highest BCUT2D eigenvalue weighted by atomic mass is 32.2. The van der Waals surface area contributed by atoms with Crippen molar-refractivity contribution in [3.05, 3.63) is 94.8 Å². The number of aryl methyl sites for hydroxylation is 2. The standard InChI is InChI=1S/C23H23FN2O3S/c1-16-5-4-6-17(2)22(16)26(30(3,28)29)15-18-7-9-19(10-8-18)23(27)25-21-13-11-20(24)12-14-21/h4-14H,15H2,1-3H3,(H,25,27). The topological polar surface area (TPSA) is 66.5 Å². The van der Waals surface area contributed by atoms with E-state index in [0.717, 1.165) is 16.7 Å². The Bertz CT molecular complexity index is 1140. The number of amides is 1. The zero-order valence-electron chi connectivity index (χ0n) is 17.0. The van der Waals surface area contributed by atoms with E-state index in [-0.39, 0.29) is 18.3 Å². The largest absolute Gasteiger partial charge is 0.322 e. The molecule has 0 fully saturated rings. The number of anilines is 2. The van der Waals surface area contributed by atoms with Crippen LogP contribution in [0.25, 0.3) is 0 Å². The van der Waals surface area contributed by atoms with E-state index in [1.807, 2.05) is 32.0 Å². The molecule has 0 atom stereocenters. The van der Waals surface area contributed by atoms with E-state index in [2.05, 4.69) is 5.32 Å². The summed E-state index contributed by atoms with van der Waals surface area (Å²) in [5.74, 6) is -0.709. The number of carbonyl (C=O) groups is 1. The Balaban J connectivity index is 1.80. The molecule has 3 aromatic carbocycles. The van der Waals surface area contributed by atoms with Crippen LogP contribution in [0.5, 0.6) is 0 Å². The van der Waals surface area contributed by atoms with Crippen LogP contribution in [0.4, 0.5) is 15.8 Å². The van der Waals surface area contributed by atoms with Crippen LogP contribution in [-0.4, -0.2) is 20.6 Å². The number of sulfonamides is 1. The van der Waals surface area contributed by atoms with Crippen LogP contribution < -0.4 is 9.62 Å². The van der Waals surface area contributed by atoms with Gasteiger partial charge in [0.05, 0.1) is 18.5 Å². The molecule has 0 bridgehead atoms. The Morgan fingerprint density at radius 2 is 1.50 bits per heavy atom. The number of hydrogen-bond donors (Lipinski definition) is 1. The minimum absolute atomic E-state index is 0.157. The summed E-state index contributed by atoms with van der Waals surface area (Å²) in [6.45, 7) is 3.91. The van der Waals surface area contributed by atoms with Gasteiger partial charge in [0.2, 0.25) is 10.0 Å². The van der Waals surface area contributed by atoms with Gasteiger partial charge in [-0.3, -0.25) is 9.10 Å². The summed E-state index contributed by atoms with van der Waals surface area (Å²) in [6.07, 6.45) is 1.18. The molecule has 0 radical (unpaired) electrons.